The van der Waals surface area contributed by atoms with Crippen LogP contribution in [0.2, 0.25) is 0 Å². The average molecular weight is 225 g/mol. The van der Waals surface area contributed by atoms with Gasteiger partial charge in [-0.3, -0.25) is 0 Å². The molecular weight excluding hydrogens is 198 g/mol. The number of rotatable bonds is 6. The van der Waals surface area contributed by atoms with Gasteiger partial charge in [-0.2, -0.15) is 0 Å². The van der Waals surface area contributed by atoms with Gasteiger partial charge in [0, 0.05) is 13.2 Å². The first-order valence-electron chi connectivity index (χ1n) is 6.98. The zero-order chi connectivity index (χ0) is 11.5. The molecule has 1 N–H and O–H groups in total. The van der Waals surface area contributed by atoms with E-state index in [1.807, 2.05) is 7.11 Å². The van der Waals surface area contributed by atoms with Crippen molar-refractivity contribution >= 4 is 0 Å². The molecule has 0 radical (unpaired) electrons. The smallest absolute Gasteiger partial charge is 0.0721 e. The maximum atomic E-state index is 5.58. The lowest BCUT2D eigenvalue weighted by atomic mass is 9.83. The SMILES string of the molecule is CCC(OC)C(CC1CC2CCC1C2)NC. The molecule has 2 rings (SSSR count). The topological polar surface area (TPSA) is 21.3 Å². The highest BCUT2D eigenvalue weighted by Gasteiger charge is 2.40. The molecule has 0 aromatic carbocycles. The fraction of sp³-hybridized carbons (Fsp3) is 1.00. The van der Waals surface area contributed by atoms with Crippen molar-refractivity contribution in [3.63, 3.8) is 0 Å². The Hall–Kier alpha value is -0.0800. The fourth-order valence-corrected chi connectivity index (χ4v) is 4.06. The Morgan fingerprint density at radius 1 is 1.31 bits per heavy atom. The normalized spacial score (nSPS) is 36.6. The molecule has 2 aliphatic rings. The van der Waals surface area contributed by atoms with Crippen LogP contribution in [0.5, 0.6) is 0 Å². The first-order chi connectivity index (χ1) is 7.78. The molecule has 0 spiro atoms. The molecule has 0 heterocycles. The molecule has 2 heteroatoms. The minimum absolute atomic E-state index is 0.393. The molecule has 16 heavy (non-hydrogen) atoms. The Bertz CT molecular complexity index is 215. The van der Waals surface area contributed by atoms with E-state index >= 15 is 0 Å². The van der Waals surface area contributed by atoms with Gasteiger partial charge in [-0.25, -0.2) is 0 Å². The van der Waals surface area contributed by atoms with Crippen molar-refractivity contribution in [2.45, 2.75) is 57.6 Å². The first-order valence-corrected chi connectivity index (χ1v) is 6.98. The van der Waals surface area contributed by atoms with Crippen molar-refractivity contribution < 1.29 is 4.74 Å². The van der Waals surface area contributed by atoms with E-state index in [1.54, 1.807) is 0 Å². The summed E-state index contributed by atoms with van der Waals surface area (Å²) < 4.78 is 5.58. The Balaban J connectivity index is 1.86. The van der Waals surface area contributed by atoms with Crippen LogP contribution in [-0.4, -0.2) is 26.3 Å². The van der Waals surface area contributed by atoms with Gasteiger partial charge in [0.2, 0.25) is 0 Å². The van der Waals surface area contributed by atoms with Crippen LogP contribution in [-0.2, 0) is 4.74 Å². The van der Waals surface area contributed by atoms with Crippen LogP contribution < -0.4 is 5.32 Å². The Morgan fingerprint density at radius 2 is 2.12 bits per heavy atom. The minimum Gasteiger partial charge on any atom is -0.380 e. The van der Waals surface area contributed by atoms with E-state index in [4.69, 9.17) is 4.74 Å². The van der Waals surface area contributed by atoms with E-state index in [0.717, 1.165) is 24.2 Å². The van der Waals surface area contributed by atoms with E-state index in [2.05, 4.69) is 19.3 Å². The van der Waals surface area contributed by atoms with Crippen LogP contribution in [0.25, 0.3) is 0 Å². The van der Waals surface area contributed by atoms with E-state index in [-0.39, 0.29) is 0 Å². The van der Waals surface area contributed by atoms with Gasteiger partial charge in [-0.15, -0.1) is 0 Å². The fourth-order valence-electron chi connectivity index (χ4n) is 4.06. The molecule has 5 unspecified atom stereocenters. The number of ether oxygens (including phenoxy) is 1. The van der Waals surface area contributed by atoms with Gasteiger partial charge in [0.15, 0.2) is 0 Å². The third-order valence-corrected chi connectivity index (χ3v) is 4.97. The van der Waals surface area contributed by atoms with Crippen molar-refractivity contribution in [3.8, 4) is 0 Å². The molecule has 94 valence electrons. The summed E-state index contributed by atoms with van der Waals surface area (Å²) in [5, 5.41) is 3.47. The quantitative estimate of drug-likeness (QED) is 0.750. The summed E-state index contributed by atoms with van der Waals surface area (Å²) in [6.45, 7) is 2.22. The van der Waals surface area contributed by atoms with Gasteiger partial charge >= 0.3 is 0 Å². The van der Waals surface area contributed by atoms with Gasteiger partial charge in [0.05, 0.1) is 6.10 Å². The monoisotopic (exact) mass is 225 g/mol. The number of likely N-dealkylation sites (N-methyl/N-ethyl adjacent to an activating group) is 1. The number of hydrogen-bond acceptors (Lipinski definition) is 2. The highest BCUT2D eigenvalue weighted by Crippen LogP contribution is 2.50. The zero-order valence-electron chi connectivity index (χ0n) is 11.0. The Labute approximate surface area is 100 Å². The lowest BCUT2D eigenvalue weighted by molar-refractivity contribution is 0.0555. The molecule has 2 bridgehead atoms. The maximum absolute atomic E-state index is 5.58. The number of methoxy groups -OCH3 is 1. The largest absolute Gasteiger partial charge is 0.380 e. The third kappa shape index (κ3) is 2.43. The standard InChI is InChI=1S/C14H27NO/c1-4-14(16-3)13(15-2)9-12-8-10-5-6-11(12)7-10/h10-15H,4-9H2,1-3H3. The maximum Gasteiger partial charge on any atom is 0.0721 e. The van der Waals surface area contributed by atoms with Crippen LogP contribution in [0.3, 0.4) is 0 Å². The van der Waals surface area contributed by atoms with Gasteiger partial charge in [0.1, 0.15) is 0 Å². The van der Waals surface area contributed by atoms with Crippen molar-refractivity contribution in [1.82, 2.24) is 5.32 Å². The third-order valence-electron chi connectivity index (χ3n) is 4.97. The molecule has 2 nitrogen and oxygen atoms in total. The Kier molecular flexibility index (Phi) is 4.26. The summed E-state index contributed by atoms with van der Waals surface area (Å²) in [6.07, 6.45) is 8.84. The second-order valence-corrected chi connectivity index (χ2v) is 5.75. The summed E-state index contributed by atoms with van der Waals surface area (Å²) >= 11 is 0. The average Bonchev–Trinajstić information content (AvgIpc) is 2.91. The van der Waals surface area contributed by atoms with Crippen molar-refractivity contribution in [1.29, 1.82) is 0 Å². The lowest BCUT2D eigenvalue weighted by Crippen LogP contribution is -2.40. The van der Waals surface area contributed by atoms with Crippen LogP contribution in [0.1, 0.15) is 45.4 Å². The van der Waals surface area contributed by atoms with Crippen molar-refractivity contribution in [2.75, 3.05) is 14.2 Å². The van der Waals surface area contributed by atoms with Crippen LogP contribution in [0, 0.1) is 17.8 Å². The van der Waals surface area contributed by atoms with Crippen LogP contribution in [0.15, 0.2) is 0 Å². The molecule has 5 atom stereocenters. The second-order valence-electron chi connectivity index (χ2n) is 5.75. The predicted octanol–water partition coefficient (Wildman–Crippen LogP) is 2.83. The zero-order valence-corrected chi connectivity index (χ0v) is 11.0. The molecular formula is C14H27NO. The van der Waals surface area contributed by atoms with Gasteiger partial charge in [-0.05, 0) is 56.9 Å². The summed E-state index contributed by atoms with van der Waals surface area (Å²) in [5.41, 5.74) is 0. The lowest BCUT2D eigenvalue weighted by Gasteiger charge is -2.30. The first kappa shape index (κ1) is 12.4. The number of nitrogens with one attached hydrogen (secondary N) is 1. The van der Waals surface area contributed by atoms with E-state index in [1.165, 1.54) is 32.1 Å². The molecule has 0 aliphatic heterocycles. The van der Waals surface area contributed by atoms with Gasteiger partial charge in [-0.1, -0.05) is 13.3 Å². The summed E-state index contributed by atoms with van der Waals surface area (Å²) in [6, 6.07) is 0.555. The molecule has 0 amide bonds. The van der Waals surface area contributed by atoms with Crippen LogP contribution >= 0.6 is 0 Å². The molecule has 2 aliphatic carbocycles. The molecule has 2 fully saturated rings. The van der Waals surface area contributed by atoms with Crippen molar-refractivity contribution in [3.05, 3.63) is 0 Å². The van der Waals surface area contributed by atoms with Crippen molar-refractivity contribution in [2.24, 2.45) is 17.8 Å². The predicted molar refractivity (Wildman–Crippen MR) is 67.5 cm³/mol. The molecule has 0 aromatic heterocycles. The van der Waals surface area contributed by atoms with E-state index in [9.17, 15) is 0 Å². The number of fused-ring (bicyclic) bond motifs is 2. The summed E-state index contributed by atoms with van der Waals surface area (Å²) in [7, 11) is 3.93. The van der Waals surface area contributed by atoms with Gasteiger partial charge < -0.3 is 10.1 Å². The number of hydrogen-bond donors (Lipinski definition) is 1. The molecule has 0 saturated heterocycles. The second kappa shape index (κ2) is 5.50. The van der Waals surface area contributed by atoms with Crippen LogP contribution in [0.4, 0.5) is 0 Å². The van der Waals surface area contributed by atoms with E-state index < -0.39 is 0 Å². The minimum atomic E-state index is 0.393. The Morgan fingerprint density at radius 3 is 2.56 bits per heavy atom. The highest BCUT2D eigenvalue weighted by atomic mass is 16.5. The van der Waals surface area contributed by atoms with Gasteiger partial charge in [0.25, 0.3) is 0 Å². The summed E-state index contributed by atoms with van der Waals surface area (Å²) in [4.78, 5) is 0. The summed E-state index contributed by atoms with van der Waals surface area (Å²) in [5.74, 6) is 3.07. The molecule has 0 aromatic rings. The highest BCUT2D eigenvalue weighted by molar-refractivity contribution is 4.92. The van der Waals surface area contributed by atoms with E-state index in [0.29, 0.717) is 12.1 Å². The molecule has 2 saturated carbocycles.